The zero-order valence-corrected chi connectivity index (χ0v) is 12.8. The van der Waals surface area contributed by atoms with Gasteiger partial charge >= 0.3 is 5.97 Å². The number of pyridine rings is 3. The zero-order valence-electron chi connectivity index (χ0n) is 12.8. The van der Waals surface area contributed by atoms with Crippen molar-refractivity contribution in [1.82, 2.24) is 15.0 Å². The average molecular weight is 321 g/mol. The van der Waals surface area contributed by atoms with Gasteiger partial charge in [-0.25, -0.2) is 4.79 Å². The van der Waals surface area contributed by atoms with Gasteiger partial charge in [-0.1, -0.05) is 12.1 Å². The Morgan fingerprint density at radius 1 is 1.08 bits per heavy atom. The van der Waals surface area contributed by atoms with Gasteiger partial charge in [0.2, 0.25) is 0 Å². The van der Waals surface area contributed by atoms with Crippen molar-refractivity contribution >= 4 is 5.97 Å². The number of hydrogen-bond donors (Lipinski definition) is 2. The van der Waals surface area contributed by atoms with Gasteiger partial charge in [-0.2, -0.15) is 0 Å². The summed E-state index contributed by atoms with van der Waals surface area (Å²) < 4.78 is 0. The van der Waals surface area contributed by atoms with E-state index in [9.17, 15) is 9.59 Å². The van der Waals surface area contributed by atoms with E-state index in [4.69, 9.17) is 5.11 Å². The highest BCUT2D eigenvalue weighted by Gasteiger charge is 2.06. The van der Waals surface area contributed by atoms with E-state index in [0.29, 0.717) is 18.4 Å². The standard InChI is InChI=1S/C18H15N3O3/c22-17-14(2-1-5-20-17)8-16-4-3-12(10-21-16)6-13-7-15(18(23)24)11-19-9-13/h1-5,7,9-11H,6,8H2,(H,20,22)(H,23,24). The maximum absolute atomic E-state index is 11.7. The molecule has 0 aliphatic rings. The number of H-pyrrole nitrogens is 1. The summed E-state index contributed by atoms with van der Waals surface area (Å²) in [6, 6.07) is 8.96. The van der Waals surface area contributed by atoms with E-state index in [1.54, 1.807) is 36.8 Å². The maximum Gasteiger partial charge on any atom is 0.337 e. The Morgan fingerprint density at radius 3 is 2.67 bits per heavy atom. The largest absolute Gasteiger partial charge is 0.478 e. The molecule has 3 aromatic heterocycles. The van der Waals surface area contributed by atoms with Crippen molar-refractivity contribution in [2.45, 2.75) is 12.8 Å². The first-order chi connectivity index (χ1) is 11.6. The molecule has 6 nitrogen and oxygen atoms in total. The van der Waals surface area contributed by atoms with Crippen LogP contribution in [0.4, 0.5) is 0 Å². The minimum Gasteiger partial charge on any atom is -0.478 e. The molecule has 24 heavy (non-hydrogen) atoms. The Bertz CT molecular complexity index is 917. The summed E-state index contributed by atoms with van der Waals surface area (Å²) in [6.07, 6.45) is 7.32. The van der Waals surface area contributed by atoms with Crippen molar-refractivity contribution in [2.75, 3.05) is 0 Å². The molecule has 0 spiro atoms. The Labute approximate surface area is 137 Å². The fourth-order valence-corrected chi connectivity index (χ4v) is 2.39. The van der Waals surface area contributed by atoms with Crippen LogP contribution in [0.15, 0.2) is 59.9 Å². The van der Waals surface area contributed by atoms with Crippen molar-refractivity contribution in [3.8, 4) is 0 Å². The molecule has 0 unspecified atom stereocenters. The first-order valence-corrected chi connectivity index (χ1v) is 7.39. The van der Waals surface area contributed by atoms with Crippen LogP contribution in [0, 0.1) is 0 Å². The zero-order chi connectivity index (χ0) is 16.9. The maximum atomic E-state index is 11.7. The van der Waals surface area contributed by atoms with Gasteiger partial charge in [0.1, 0.15) is 0 Å². The van der Waals surface area contributed by atoms with Crippen molar-refractivity contribution < 1.29 is 9.90 Å². The summed E-state index contributed by atoms with van der Waals surface area (Å²) in [5.74, 6) is -0.995. The fraction of sp³-hybridized carbons (Fsp3) is 0.111. The lowest BCUT2D eigenvalue weighted by Gasteiger charge is -2.04. The number of nitrogens with one attached hydrogen (secondary N) is 1. The second kappa shape index (κ2) is 6.87. The monoisotopic (exact) mass is 321 g/mol. The third-order valence-electron chi connectivity index (χ3n) is 3.61. The lowest BCUT2D eigenvalue weighted by atomic mass is 10.1. The number of aromatic nitrogens is 3. The molecule has 3 heterocycles. The van der Waals surface area contributed by atoms with E-state index in [0.717, 1.165) is 16.8 Å². The molecule has 2 N–H and O–H groups in total. The van der Waals surface area contributed by atoms with Gasteiger partial charge in [0, 0.05) is 48.9 Å². The minimum atomic E-state index is -0.995. The van der Waals surface area contributed by atoms with Gasteiger partial charge in [0.05, 0.1) is 5.56 Å². The predicted octanol–water partition coefficient (Wildman–Crippen LogP) is 2.04. The molecule has 0 amide bonds. The Kier molecular flexibility index (Phi) is 4.47. The van der Waals surface area contributed by atoms with Gasteiger partial charge in [0.25, 0.3) is 5.56 Å². The van der Waals surface area contributed by atoms with Crippen LogP contribution in [-0.4, -0.2) is 26.0 Å². The van der Waals surface area contributed by atoms with Crippen LogP contribution < -0.4 is 5.56 Å². The van der Waals surface area contributed by atoms with E-state index >= 15 is 0 Å². The summed E-state index contributed by atoms with van der Waals surface area (Å²) in [6.45, 7) is 0. The minimum absolute atomic E-state index is 0.111. The lowest BCUT2D eigenvalue weighted by molar-refractivity contribution is 0.0696. The Hall–Kier alpha value is -3.28. The summed E-state index contributed by atoms with van der Waals surface area (Å²) >= 11 is 0. The number of rotatable bonds is 5. The van der Waals surface area contributed by atoms with Gasteiger partial charge in [-0.15, -0.1) is 0 Å². The van der Waals surface area contributed by atoms with Crippen LogP contribution >= 0.6 is 0 Å². The predicted molar refractivity (Wildman–Crippen MR) is 88.1 cm³/mol. The third-order valence-corrected chi connectivity index (χ3v) is 3.61. The van der Waals surface area contributed by atoms with E-state index < -0.39 is 5.97 Å². The SMILES string of the molecule is O=C(O)c1cncc(Cc2ccc(Cc3ccc[nH]c3=O)nc2)c1. The summed E-state index contributed by atoms with van der Waals surface area (Å²) in [7, 11) is 0. The normalized spacial score (nSPS) is 10.5. The summed E-state index contributed by atoms with van der Waals surface area (Å²) in [5.41, 5.74) is 3.28. The van der Waals surface area contributed by atoms with Gasteiger partial charge in [-0.3, -0.25) is 14.8 Å². The van der Waals surface area contributed by atoms with Crippen LogP contribution in [0.3, 0.4) is 0 Å². The highest BCUT2D eigenvalue weighted by atomic mass is 16.4. The van der Waals surface area contributed by atoms with Crippen LogP contribution in [0.2, 0.25) is 0 Å². The molecule has 0 atom stereocenters. The molecular weight excluding hydrogens is 306 g/mol. The molecule has 0 radical (unpaired) electrons. The van der Waals surface area contributed by atoms with Crippen LogP contribution in [0.5, 0.6) is 0 Å². The third kappa shape index (κ3) is 3.73. The van der Waals surface area contributed by atoms with E-state index in [2.05, 4.69) is 15.0 Å². The number of hydrogen-bond acceptors (Lipinski definition) is 4. The fourth-order valence-electron chi connectivity index (χ4n) is 2.39. The first kappa shape index (κ1) is 15.6. The van der Waals surface area contributed by atoms with Crippen molar-refractivity contribution in [1.29, 1.82) is 0 Å². The Morgan fingerprint density at radius 2 is 1.96 bits per heavy atom. The van der Waals surface area contributed by atoms with E-state index in [1.165, 1.54) is 6.20 Å². The molecule has 0 aliphatic heterocycles. The van der Waals surface area contributed by atoms with Gasteiger partial charge in [0.15, 0.2) is 0 Å². The lowest BCUT2D eigenvalue weighted by Crippen LogP contribution is -2.11. The van der Waals surface area contributed by atoms with Crippen molar-refractivity contribution in [3.05, 3.63) is 93.4 Å². The average Bonchev–Trinajstić information content (AvgIpc) is 2.59. The number of aromatic amines is 1. The van der Waals surface area contributed by atoms with Crippen molar-refractivity contribution in [2.24, 2.45) is 0 Å². The molecular formula is C18H15N3O3. The number of carbonyl (C=O) groups is 1. The first-order valence-electron chi connectivity index (χ1n) is 7.39. The number of carboxylic acid groups (broad SMARTS) is 1. The van der Waals surface area contributed by atoms with Crippen LogP contribution in [-0.2, 0) is 12.8 Å². The second-order valence-corrected chi connectivity index (χ2v) is 5.42. The number of carboxylic acids is 1. The molecule has 0 fully saturated rings. The molecule has 0 saturated carbocycles. The molecule has 3 rings (SSSR count). The number of aromatic carboxylic acids is 1. The van der Waals surface area contributed by atoms with E-state index in [-0.39, 0.29) is 11.1 Å². The van der Waals surface area contributed by atoms with Crippen molar-refractivity contribution in [3.63, 3.8) is 0 Å². The number of nitrogens with zero attached hydrogens (tertiary/aromatic N) is 2. The quantitative estimate of drug-likeness (QED) is 0.750. The van der Waals surface area contributed by atoms with Crippen LogP contribution in [0.25, 0.3) is 0 Å². The summed E-state index contributed by atoms with van der Waals surface area (Å²) in [4.78, 5) is 33.6. The highest BCUT2D eigenvalue weighted by Crippen LogP contribution is 2.11. The Balaban J connectivity index is 1.73. The molecule has 3 aromatic rings. The molecule has 120 valence electrons. The molecule has 6 heteroatoms. The van der Waals surface area contributed by atoms with Crippen LogP contribution in [0.1, 0.15) is 32.7 Å². The van der Waals surface area contributed by atoms with E-state index in [1.807, 2.05) is 12.1 Å². The van der Waals surface area contributed by atoms with Gasteiger partial charge in [-0.05, 0) is 29.3 Å². The van der Waals surface area contributed by atoms with Gasteiger partial charge < -0.3 is 10.1 Å². The molecule has 0 aromatic carbocycles. The second-order valence-electron chi connectivity index (χ2n) is 5.42. The summed E-state index contributed by atoms with van der Waals surface area (Å²) in [5, 5.41) is 8.99. The smallest absolute Gasteiger partial charge is 0.337 e. The molecule has 0 aliphatic carbocycles. The molecule has 0 saturated heterocycles. The molecule has 0 bridgehead atoms. The topological polar surface area (TPSA) is 95.9 Å². The highest BCUT2D eigenvalue weighted by molar-refractivity contribution is 5.87.